The van der Waals surface area contributed by atoms with Crippen LogP contribution in [-0.2, 0) is 23.6 Å². The van der Waals surface area contributed by atoms with Crippen molar-refractivity contribution in [1.82, 2.24) is 9.38 Å². The summed E-state index contributed by atoms with van der Waals surface area (Å²) in [4.78, 5) is 17.5. The number of nitrogens with one attached hydrogen (secondary N) is 1. The zero-order valence-electron chi connectivity index (χ0n) is 16.0. The minimum absolute atomic E-state index is 0.00860. The maximum atomic E-state index is 13.0. The number of hydrogen-bond acceptors (Lipinski definition) is 3. The molecule has 2 heterocycles. The van der Waals surface area contributed by atoms with Crippen molar-refractivity contribution in [3.05, 3.63) is 76.9 Å². The summed E-state index contributed by atoms with van der Waals surface area (Å²) in [6.07, 6.45) is -8.53. The number of nitrogens with zero attached hydrogens (tertiary/aromatic N) is 2. The van der Waals surface area contributed by atoms with Gasteiger partial charge in [0.1, 0.15) is 0 Å². The summed E-state index contributed by atoms with van der Waals surface area (Å²) in [7, 11) is 0. The number of thiazole rings is 1. The smallest absolute Gasteiger partial charge is 0.326 e. The SMILES string of the molecule is O=C(Cc1csc2nc(-c3ccccc3)cn12)Nc1cc(C(F)(F)F)cc(C(F)(F)F)c1. The van der Waals surface area contributed by atoms with Crippen molar-refractivity contribution < 1.29 is 31.1 Å². The van der Waals surface area contributed by atoms with E-state index in [4.69, 9.17) is 0 Å². The van der Waals surface area contributed by atoms with Gasteiger partial charge in [0.25, 0.3) is 0 Å². The van der Waals surface area contributed by atoms with Gasteiger partial charge in [-0.2, -0.15) is 26.3 Å². The normalized spacial score (nSPS) is 12.3. The summed E-state index contributed by atoms with van der Waals surface area (Å²) < 4.78 is 79.7. The van der Waals surface area contributed by atoms with Crippen molar-refractivity contribution in [3.63, 3.8) is 0 Å². The third kappa shape index (κ3) is 4.62. The number of hydrogen-bond donors (Lipinski definition) is 1. The molecule has 4 aromatic rings. The van der Waals surface area contributed by atoms with Crippen LogP contribution in [0.5, 0.6) is 0 Å². The lowest BCUT2D eigenvalue weighted by molar-refractivity contribution is -0.143. The van der Waals surface area contributed by atoms with E-state index in [0.717, 1.165) is 5.56 Å². The second-order valence-corrected chi connectivity index (χ2v) is 7.73. The van der Waals surface area contributed by atoms with Gasteiger partial charge in [0.2, 0.25) is 5.91 Å². The molecule has 4 nitrogen and oxygen atoms in total. The predicted molar refractivity (Wildman–Crippen MR) is 107 cm³/mol. The molecule has 166 valence electrons. The molecule has 0 unspecified atom stereocenters. The molecule has 11 heteroatoms. The Morgan fingerprint density at radius 1 is 0.969 bits per heavy atom. The van der Waals surface area contributed by atoms with Crippen LogP contribution in [0.15, 0.2) is 60.1 Å². The van der Waals surface area contributed by atoms with E-state index in [1.165, 1.54) is 11.3 Å². The number of carbonyl (C=O) groups is 1. The fraction of sp³-hybridized carbons (Fsp3) is 0.143. The maximum absolute atomic E-state index is 13.0. The highest BCUT2D eigenvalue weighted by atomic mass is 32.1. The van der Waals surface area contributed by atoms with E-state index >= 15 is 0 Å². The third-order valence-corrected chi connectivity index (χ3v) is 5.45. The van der Waals surface area contributed by atoms with Crippen LogP contribution in [0.1, 0.15) is 16.8 Å². The number of aromatic nitrogens is 2. The second kappa shape index (κ2) is 7.97. The Hall–Kier alpha value is -3.34. The Labute approximate surface area is 181 Å². The largest absolute Gasteiger partial charge is 0.416 e. The first-order valence-corrected chi connectivity index (χ1v) is 9.99. The minimum Gasteiger partial charge on any atom is -0.326 e. The molecule has 0 fully saturated rings. The molecule has 1 amide bonds. The Kier molecular flexibility index (Phi) is 5.45. The summed E-state index contributed by atoms with van der Waals surface area (Å²) in [5.74, 6) is -0.757. The van der Waals surface area contributed by atoms with Crippen molar-refractivity contribution in [3.8, 4) is 11.3 Å². The monoisotopic (exact) mass is 469 g/mol. The molecule has 2 aromatic heterocycles. The number of rotatable bonds is 4. The molecule has 0 radical (unpaired) electrons. The van der Waals surface area contributed by atoms with Crippen LogP contribution in [0.25, 0.3) is 16.2 Å². The molecule has 32 heavy (non-hydrogen) atoms. The van der Waals surface area contributed by atoms with Gasteiger partial charge in [-0.3, -0.25) is 9.20 Å². The average Bonchev–Trinajstić information content (AvgIpc) is 3.29. The minimum atomic E-state index is -5.00. The lowest BCUT2D eigenvalue weighted by Crippen LogP contribution is -2.17. The third-order valence-electron chi connectivity index (χ3n) is 4.57. The molecule has 0 aliphatic rings. The zero-order chi connectivity index (χ0) is 23.1. The van der Waals surface area contributed by atoms with Crippen LogP contribution >= 0.6 is 11.3 Å². The van der Waals surface area contributed by atoms with Crippen molar-refractivity contribution in [2.24, 2.45) is 0 Å². The van der Waals surface area contributed by atoms with E-state index < -0.39 is 35.1 Å². The van der Waals surface area contributed by atoms with Gasteiger partial charge in [-0.05, 0) is 18.2 Å². The van der Waals surface area contributed by atoms with E-state index in [2.05, 4.69) is 10.3 Å². The summed E-state index contributed by atoms with van der Waals surface area (Å²) >= 11 is 1.26. The van der Waals surface area contributed by atoms with E-state index in [9.17, 15) is 31.1 Å². The number of amides is 1. The molecule has 2 aromatic carbocycles. The molecule has 0 aliphatic heterocycles. The van der Waals surface area contributed by atoms with E-state index in [-0.39, 0.29) is 12.5 Å². The van der Waals surface area contributed by atoms with Crippen molar-refractivity contribution in [1.29, 1.82) is 0 Å². The molecule has 4 rings (SSSR count). The highest BCUT2D eigenvalue weighted by molar-refractivity contribution is 7.15. The number of alkyl halides is 6. The number of halogens is 6. The van der Waals surface area contributed by atoms with E-state index in [1.54, 1.807) is 16.0 Å². The summed E-state index contributed by atoms with van der Waals surface area (Å²) in [5, 5.41) is 3.80. The van der Waals surface area contributed by atoms with Crippen LogP contribution in [0.4, 0.5) is 32.0 Å². The molecule has 0 saturated heterocycles. The first-order valence-electron chi connectivity index (χ1n) is 9.11. The molecule has 0 bridgehead atoms. The van der Waals surface area contributed by atoms with Gasteiger partial charge >= 0.3 is 12.4 Å². The number of fused-ring (bicyclic) bond motifs is 1. The highest BCUT2D eigenvalue weighted by Crippen LogP contribution is 2.37. The molecule has 0 saturated carbocycles. The summed E-state index contributed by atoms with van der Waals surface area (Å²) in [5.41, 5.74) is -1.54. The lowest BCUT2D eigenvalue weighted by atomic mass is 10.1. The van der Waals surface area contributed by atoms with Crippen LogP contribution in [-0.4, -0.2) is 15.3 Å². The van der Waals surface area contributed by atoms with Gasteiger partial charge in [0, 0.05) is 28.5 Å². The highest BCUT2D eigenvalue weighted by Gasteiger charge is 2.37. The van der Waals surface area contributed by atoms with Crippen molar-refractivity contribution >= 4 is 27.9 Å². The van der Waals surface area contributed by atoms with Gasteiger partial charge < -0.3 is 5.32 Å². The van der Waals surface area contributed by atoms with Crippen LogP contribution in [0, 0.1) is 0 Å². The summed E-state index contributed by atoms with van der Waals surface area (Å²) in [6.45, 7) is 0. The number of carbonyl (C=O) groups excluding carboxylic acids is 1. The number of benzene rings is 2. The molecular weight excluding hydrogens is 456 g/mol. The van der Waals surface area contributed by atoms with Gasteiger partial charge in [0.15, 0.2) is 4.96 Å². The van der Waals surface area contributed by atoms with Crippen LogP contribution in [0.2, 0.25) is 0 Å². The average molecular weight is 469 g/mol. The standard InChI is InChI=1S/C21H13F6N3OS/c22-20(23,24)13-6-14(21(25,26)27)8-15(7-13)28-18(31)9-16-11-32-19-29-17(10-30(16)19)12-4-2-1-3-5-12/h1-8,10-11H,9H2,(H,28,31). The van der Waals surface area contributed by atoms with Crippen LogP contribution < -0.4 is 5.32 Å². The van der Waals surface area contributed by atoms with Gasteiger partial charge in [-0.15, -0.1) is 11.3 Å². The Morgan fingerprint density at radius 2 is 1.59 bits per heavy atom. The van der Waals surface area contributed by atoms with Gasteiger partial charge in [-0.25, -0.2) is 4.98 Å². The molecular formula is C21H13F6N3OS. The Balaban J connectivity index is 1.58. The quantitative estimate of drug-likeness (QED) is 0.358. The number of anilines is 1. The molecule has 1 N–H and O–H groups in total. The molecule has 0 atom stereocenters. The molecule has 0 spiro atoms. The first-order chi connectivity index (χ1) is 15.0. The van der Waals surface area contributed by atoms with Crippen molar-refractivity contribution in [2.45, 2.75) is 18.8 Å². The maximum Gasteiger partial charge on any atom is 0.416 e. The van der Waals surface area contributed by atoms with Crippen LogP contribution in [0.3, 0.4) is 0 Å². The fourth-order valence-electron chi connectivity index (χ4n) is 3.10. The fourth-order valence-corrected chi connectivity index (χ4v) is 3.97. The Bertz CT molecular complexity index is 1240. The Morgan fingerprint density at radius 3 is 2.19 bits per heavy atom. The summed E-state index contributed by atoms with van der Waals surface area (Å²) in [6, 6.07) is 10.2. The predicted octanol–water partition coefficient (Wildman–Crippen LogP) is 6.28. The number of imidazole rings is 1. The van der Waals surface area contributed by atoms with Gasteiger partial charge in [-0.1, -0.05) is 30.3 Å². The lowest BCUT2D eigenvalue weighted by Gasteiger charge is -2.14. The topological polar surface area (TPSA) is 46.4 Å². The first kappa shape index (κ1) is 21.9. The zero-order valence-corrected chi connectivity index (χ0v) is 16.8. The van der Waals surface area contributed by atoms with Crippen molar-refractivity contribution in [2.75, 3.05) is 5.32 Å². The second-order valence-electron chi connectivity index (χ2n) is 6.89. The molecule has 0 aliphatic carbocycles. The van der Waals surface area contributed by atoms with E-state index in [1.807, 2.05) is 30.3 Å². The van der Waals surface area contributed by atoms with E-state index in [0.29, 0.717) is 28.5 Å². The van der Waals surface area contributed by atoms with Gasteiger partial charge in [0.05, 0.1) is 23.2 Å².